The monoisotopic (exact) mass is 215 g/mol. The number of hydrogen-bond acceptors (Lipinski definition) is 2. The Labute approximate surface area is 92.6 Å². The first-order valence-electron chi connectivity index (χ1n) is 5.76. The molecule has 2 nitrogen and oxygen atoms in total. The molecule has 1 rings (SSSR count). The van der Waals surface area contributed by atoms with Crippen LogP contribution in [-0.2, 0) is 4.74 Å². The molecule has 0 N–H and O–H groups in total. The summed E-state index contributed by atoms with van der Waals surface area (Å²) in [7, 11) is 0. The van der Waals surface area contributed by atoms with Crippen molar-refractivity contribution < 1.29 is 4.74 Å². The minimum absolute atomic E-state index is 0.690. The minimum atomic E-state index is 0.690. The zero-order chi connectivity index (χ0) is 10.2. The van der Waals surface area contributed by atoms with Crippen LogP contribution in [0, 0.1) is 0 Å². The fourth-order valence-electron chi connectivity index (χ4n) is 1.82. The van der Waals surface area contributed by atoms with Crippen molar-refractivity contribution in [1.29, 1.82) is 0 Å². The van der Waals surface area contributed by atoms with Gasteiger partial charge in [0.2, 0.25) is 0 Å². The van der Waals surface area contributed by atoms with Crippen LogP contribution in [-0.4, -0.2) is 29.8 Å². The maximum absolute atomic E-state index is 5.38. The molecule has 1 saturated heterocycles. The summed E-state index contributed by atoms with van der Waals surface area (Å²) in [6.45, 7) is 4.84. The van der Waals surface area contributed by atoms with E-state index in [0.29, 0.717) is 11.8 Å². The molecule has 0 aromatic heterocycles. The number of hydrogen-bond donors (Lipinski definition) is 0. The molecule has 0 spiro atoms. The van der Waals surface area contributed by atoms with Gasteiger partial charge in [-0.15, -0.1) is 0 Å². The van der Waals surface area contributed by atoms with E-state index in [2.05, 4.69) is 4.90 Å². The van der Waals surface area contributed by atoms with Crippen molar-refractivity contribution in [3.8, 4) is 0 Å². The van der Waals surface area contributed by atoms with E-state index >= 15 is 0 Å². The van der Waals surface area contributed by atoms with Crippen molar-refractivity contribution in [1.82, 2.24) is 4.90 Å². The lowest BCUT2D eigenvalue weighted by molar-refractivity contribution is 0.252. The van der Waals surface area contributed by atoms with Gasteiger partial charge in [0.1, 0.15) is 0 Å². The van der Waals surface area contributed by atoms with Crippen molar-refractivity contribution in [3.05, 3.63) is 0 Å². The van der Waals surface area contributed by atoms with E-state index in [4.69, 9.17) is 17.0 Å². The van der Waals surface area contributed by atoms with Gasteiger partial charge in [-0.1, -0.05) is 25.7 Å². The summed E-state index contributed by atoms with van der Waals surface area (Å²) in [5.74, 6) is 0. The normalized spacial score (nSPS) is 19.4. The van der Waals surface area contributed by atoms with Gasteiger partial charge in [0.05, 0.1) is 6.61 Å². The van der Waals surface area contributed by atoms with Gasteiger partial charge in [-0.2, -0.15) is 0 Å². The Balaban J connectivity index is 2.35. The van der Waals surface area contributed by atoms with Crippen LogP contribution in [0.1, 0.15) is 45.4 Å². The molecular weight excluding hydrogens is 194 g/mol. The minimum Gasteiger partial charge on any atom is -0.471 e. The smallest absolute Gasteiger partial charge is 0.259 e. The molecule has 1 aliphatic heterocycles. The van der Waals surface area contributed by atoms with E-state index in [1.54, 1.807) is 0 Å². The molecule has 1 aliphatic rings. The Hall–Kier alpha value is -0.310. The summed E-state index contributed by atoms with van der Waals surface area (Å²) in [5.41, 5.74) is 0. The summed E-state index contributed by atoms with van der Waals surface area (Å²) in [4.78, 5) is 2.23. The van der Waals surface area contributed by atoms with Gasteiger partial charge < -0.3 is 9.64 Å². The standard InChI is InChI=1S/C11H21NOS/c1-2-13-11(14)12-9-7-5-3-4-6-8-10-12/h2-10H2,1H3. The SMILES string of the molecule is CCOC(=S)N1CCCCCCCC1. The van der Waals surface area contributed by atoms with Crippen LogP contribution in [0.3, 0.4) is 0 Å². The highest BCUT2D eigenvalue weighted by atomic mass is 32.1. The Kier molecular flexibility index (Phi) is 5.92. The van der Waals surface area contributed by atoms with Gasteiger partial charge in [0.15, 0.2) is 0 Å². The molecule has 0 atom stereocenters. The van der Waals surface area contributed by atoms with Crippen LogP contribution >= 0.6 is 12.2 Å². The van der Waals surface area contributed by atoms with Crippen LogP contribution in [0.2, 0.25) is 0 Å². The van der Waals surface area contributed by atoms with Crippen molar-refractivity contribution in [2.45, 2.75) is 45.4 Å². The first-order valence-corrected chi connectivity index (χ1v) is 6.17. The number of rotatable bonds is 1. The van der Waals surface area contributed by atoms with Crippen LogP contribution in [0.5, 0.6) is 0 Å². The highest BCUT2D eigenvalue weighted by Gasteiger charge is 2.10. The molecule has 82 valence electrons. The Morgan fingerprint density at radius 1 is 1.07 bits per heavy atom. The molecule has 1 fully saturated rings. The highest BCUT2D eigenvalue weighted by molar-refractivity contribution is 7.80. The highest BCUT2D eigenvalue weighted by Crippen LogP contribution is 2.11. The van der Waals surface area contributed by atoms with E-state index in [0.717, 1.165) is 13.1 Å². The van der Waals surface area contributed by atoms with Crippen molar-refractivity contribution in [2.24, 2.45) is 0 Å². The molecule has 0 amide bonds. The second-order valence-corrected chi connectivity index (χ2v) is 4.16. The average molecular weight is 215 g/mol. The fraction of sp³-hybridized carbons (Fsp3) is 0.909. The summed E-state index contributed by atoms with van der Waals surface area (Å²) in [6.07, 6.45) is 7.96. The summed E-state index contributed by atoms with van der Waals surface area (Å²) in [5, 5.41) is 0.703. The zero-order valence-corrected chi connectivity index (χ0v) is 9.94. The molecule has 0 aliphatic carbocycles. The number of thiocarbonyl (C=S) groups is 1. The summed E-state index contributed by atoms with van der Waals surface area (Å²) < 4.78 is 5.38. The van der Waals surface area contributed by atoms with Gasteiger partial charge in [-0.05, 0) is 32.0 Å². The molecule has 0 aromatic rings. The van der Waals surface area contributed by atoms with E-state index in [-0.39, 0.29) is 0 Å². The second kappa shape index (κ2) is 7.04. The third-order valence-electron chi connectivity index (χ3n) is 2.63. The van der Waals surface area contributed by atoms with Crippen LogP contribution in [0.4, 0.5) is 0 Å². The predicted molar refractivity (Wildman–Crippen MR) is 63.5 cm³/mol. The molecule has 0 aromatic carbocycles. The van der Waals surface area contributed by atoms with E-state index in [9.17, 15) is 0 Å². The van der Waals surface area contributed by atoms with Gasteiger partial charge in [-0.25, -0.2) is 0 Å². The maximum Gasteiger partial charge on any atom is 0.259 e. The quantitative estimate of drug-likeness (QED) is 0.624. The lowest BCUT2D eigenvalue weighted by Gasteiger charge is -2.23. The van der Waals surface area contributed by atoms with Crippen LogP contribution in [0.15, 0.2) is 0 Å². The molecule has 3 heteroatoms. The molecule has 0 unspecified atom stereocenters. The Morgan fingerprint density at radius 2 is 1.57 bits per heavy atom. The van der Waals surface area contributed by atoms with E-state index in [1.165, 1.54) is 38.5 Å². The largest absolute Gasteiger partial charge is 0.471 e. The van der Waals surface area contributed by atoms with Crippen LogP contribution in [0.25, 0.3) is 0 Å². The average Bonchev–Trinajstić information content (AvgIpc) is 2.30. The van der Waals surface area contributed by atoms with Crippen molar-refractivity contribution in [3.63, 3.8) is 0 Å². The number of ether oxygens (including phenoxy) is 1. The topological polar surface area (TPSA) is 12.5 Å². The van der Waals surface area contributed by atoms with Gasteiger partial charge in [-0.3, -0.25) is 0 Å². The van der Waals surface area contributed by atoms with Gasteiger partial charge >= 0.3 is 0 Å². The fourth-order valence-corrected chi connectivity index (χ4v) is 2.12. The molecular formula is C11H21NOS. The Bertz CT molecular complexity index is 163. The first kappa shape index (κ1) is 11.8. The summed E-state index contributed by atoms with van der Waals surface area (Å²) >= 11 is 5.23. The predicted octanol–water partition coefficient (Wildman–Crippen LogP) is 2.96. The molecule has 0 radical (unpaired) electrons. The third-order valence-corrected chi connectivity index (χ3v) is 3.01. The first-order chi connectivity index (χ1) is 6.84. The van der Waals surface area contributed by atoms with Gasteiger partial charge in [0, 0.05) is 13.1 Å². The molecule has 0 saturated carbocycles. The van der Waals surface area contributed by atoms with Crippen molar-refractivity contribution in [2.75, 3.05) is 19.7 Å². The molecule has 14 heavy (non-hydrogen) atoms. The molecule has 1 heterocycles. The zero-order valence-electron chi connectivity index (χ0n) is 9.13. The van der Waals surface area contributed by atoms with E-state index < -0.39 is 0 Å². The van der Waals surface area contributed by atoms with Crippen LogP contribution < -0.4 is 0 Å². The lowest BCUT2D eigenvalue weighted by Crippen LogP contribution is -2.33. The number of nitrogens with zero attached hydrogens (tertiary/aromatic N) is 1. The lowest BCUT2D eigenvalue weighted by atomic mass is 10.1. The molecule has 0 bridgehead atoms. The van der Waals surface area contributed by atoms with Crippen molar-refractivity contribution >= 4 is 17.4 Å². The Morgan fingerprint density at radius 3 is 2.07 bits per heavy atom. The summed E-state index contributed by atoms with van der Waals surface area (Å²) in [6, 6.07) is 0. The third kappa shape index (κ3) is 4.27. The second-order valence-electron chi connectivity index (χ2n) is 3.81. The van der Waals surface area contributed by atoms with E-state index in [1.807, 2.05) is 6.92 Å². The van der Waals surface area contributed by atoms with Gasteiger partial charge in [0.25, 0.3) is 5.17 Å². The maximum atomic E-state index is 5.38.